The molecule has 0 spiro atoms. The van der Waals surface area contributed by atoms with Crippen LogP contribution >= 0.6 is 0 Å². The van der Waals surface area contributed by atoms with E-state index >= 15 is 0 Å². The van der Waals surface area contributed by atoms with Crippen molar-refractivity contribution >= 4 is 17.7 Å². The van der Waals surface area contributed by atoms with Crippen LogP contribution in [0.1, 0.15) is 22.5 Å². The van der Waals surface area contributed by atoms with Crippen LogP contribution in [0.4, 0.5) is 5.69 Å². The molecule has 3 aromatic carbocycles. The van der Waals surface area contributed by atoms with Gasteiger partial charge in [0.25, 0.3) is 5.91 Å². The number of benzene rings is 3. The topological polar surface area (TPSA) is 67.0 Å². The Kier molecular flexibility index (Phi) is 6.90. The molecule has 0 fully saturated rings. The van der Waals surface area contributed by atoms with Crippen molar-refractivity contribution in [3.63, 3.8) is 0 Å². The Balaban J connectivity index is 1.52. The number of aryl methyl sites for hydroxylation is 1. The average Bonchev–Trinajstić information content (AvgIpc) is 3.15. The van der Waals surface area contributed by atoms with Crippen LogP contribution in [-0.2, 0) is 11.4 Å². The zero-order valence-electron chi connectivity index (χ0n) is 19.2. The summed E-state index contributed by atoms with van der Waals surface area (Å²) >= 11 is 0. The Morgan fingerprint density at radius 3 is 2.26 bits per heavy atom. The third kappa shape index (κ3) is 5.25. The fourth-order valence-corrected chi connectivity index (χ4v) is 3.79. The Morgan fingerprint density at radius 1 is 0.971 bits per heavy atom. The van der Waals surface area contributed by atoms with Crippen molar-refractivity contribution in [2.75, 3.05) is 5.32 Å². The molecule has 0 atom stereocenters. The van der Waals surface area contributed by atoms with Gasteiger partial charge in [0.15, 0.2) is 0 Å². The normalized spacial score (nSPS) is 11.0. The Labute approximate surface area is 199 Å². The lowest BCUT2D eigenvalue weighted by molar-refractivity contribution is -0.112. The number of amides is 1. The number of nitrogens with one attached hydrogen (secondary N) is 1. The van der Waals surface area contributed by atoms with Gasteiger partial charge in [-0.25, -0.2) is 0 Å². The van der Waals surface area contributed by atoms with E-state index in [1.807, 2.05) is 98.8 Å². The molecule has 168 valence electrons. The van der Waals surface area contributed by atoms with Gasteiger partial charge >= 0.3 is 0 Å². The van der Waals surface area contributed by atoms with Crippen molar-refractivity contribution in [1.29, 1.82) is 5.26 Å². The summed E-state index contributed by atoms with van der Waals surface area (Å²) < 4.78 is 7.99. The van der Waals surface area contributed by atoms with Gasteiger partial charge in [-0.05, 0) is 73.5 Å². The molecule has 0 aliphatic rings. The van der Waals surface area contributed by atoms with Gasteiger partial charge in [0.1, 0.15) is 24.0 Å². The van der Waals surface area contributed by atoms with E-state index in [0.29, 0.717) is 12.3 Å². The first-order chi connectivity index (χ1) is 16.5. The van der Waals surface area contributed by atoms with Crippen molar-refractivity contribution < 1.29 is 9.53 Å². The van der Waals surface area contributed by atoms with Gasteiger partial charge in [0.2, 0.25) is 0 Å². The summed E-state index contributed by atoms with van der Waals surface area (Å²) in [7, 11) is 0. The summed E-state index contributed by atoms with van der Waals surface area (Å²) in [5.74, 6) is 0.359. The number of hydrogen-bond acceptors (Lipinski definition) is 3. The first-order valence-corrected chi connectivity index (χ1v) is 11.0. The molecule has 1 N–H and O–H groups in total. The maximum Gasteiger partial charge on any atom is 0.266 e. The maximum atomic E-state index is 12.6. The molecule has 1 heterocycles. The van der Waals surface area contributed by atoms with Gasteiger partial charge in [-0.3, -0.25) is 4.79 Å². The summed E-state index contributed by atoms with van der Waals surface area (Å²) in [5.41, 5.74) is 5.56. The molecule has 1 aromatic heterocycles. The van der Waals surface area contributed by atoms with E-state index in [4.69, 9.17) is 4.74 Å². The van der Waals surface area contributed by atoms with Gasteiger partial charge in [0.05, 0.1) is 0 Å². The average molecular weight is 448 g/mol. The third-order valence-corrected chi connectivity index (χ3v) is 5.51. The zero-order chi connectivity index (χ0) is 23.9. The molecule has 0 saturated carbocycles. The number of anilines is 1. The van der Waals surface area contributed by atoms with Gasteiger partial charge in [-0.1, -0.05) is 48.5 Å². The van der Waals surface area contributed by atoms with Crippen molar-refractivity contribution in [3.8, 4) is 17.5 Å². The van der Waals surface area contributed by atoms with E-state index in [2.05, 4.69) is 9.88 Å². The number of carbonyl (C=O) groups is 1. The first kappa shape index (κ1) is 22.6. The van der Waals surface area contributed by atoms with Crippen LogP contribution in [0.15, 0.2) is 96.6 Å². The molecule has 0 saturated heterocycles. The summed E-state index contributed by atoms with van der Waals surface area (Å²) in [4.78, 5) is 12.6. The highest BCUT2D eigenvalue weighted by atomic mass is 16.5. The molecule has 0 bridgehead atoms. The molecule has 5 heteroatoms. The minimum atomic E-state index is -0.432. The maximum absolute atomic E-state index is 12.6. The molecule has 4 aromatic rings. The smallest absolute Gasteiger partial charge is 0.266 e. The van der Waals surface area contributed by atoms with Crippen LogP contribution in [0.2, 0.25) is 0 Å². The third-order valence-electron chi connectivity index (χ3n) is 5.51. The van der Waals surface area contributed by atoms with Gasteiger partial charge in [-0.15, -0.1) is 0 Å². The number of nitriles is 1. The molecule has 1 amide bonds. The van der Waals surface area contributed by atoms with Gasteiger partial charge < -0.3 is 14.6 Å². The number of para-hydroxylation sites is 1. The van der Waals surface area contributed by atoms with Crippen molar-refractivity contribution in [2.45, 2.75) is 20.5 Å². The van der Waals surface area contributed by atoms with Gasteiger partial charge in [0, 0.05) is 22.8 Å². The van der Waals surface area contributed by atoms with E-state index < -0.39 is 5.91 Å². The second kappa shape index (κ2) is 10.4. The van der Waals surface area contributed by atoms with E-state index in [1.165, 1.54) is 0 Å². The minimum absolute atomic E-state index is 0.0498. The summed E-state index contributed by atoms with van der Waals surface area (Å²) in [6, 6.07) is 31.0. The largest absolute Gasteiger partial charge is 0.489 e. The highest BCUT2D eigenvalue weighted by Gasteiger charge is 2.14. The van der Waals surface area contributed by atoms with Crippen molar-refractivity contribution in [2.24, 2.45) is 0 Å². The number of aromatic nitrogens is 1. The Hall–Kier alpha value is -4.56. The van der Waals surface area contributed by atoms with E-state index in [0.717, 1.165) is 34.0 Å². The second-order valence-corrected chi connectivity index (χ2v) is 7.92. The molecular formula is C29H25N3O2. The van der Waals surface area contributed by atoms with E-state index in [9.17, 15) is 10.1 Å². The fourth-order valence-electron chi connectivity index (χ4n) is 3.79. The van der Waals surface area contributed by atoms with Crippen LogP contribution in [0, 0.1) is 25.2 Å². The summed E-state index contributed by atoms with van der Waals surface area (Å²) in [5, 5.41) is 12.3. The van der Waals surface area contributed by atoms with Crippen molar-refractivity contribution in [3.05, 3.63) is 119 Å². The van der Waals surface area contributed by atoms with Crippen LogP contribution in [0.3, 0.4) is 0 Å². The van der Waals surface area contributed by atoms with Gasteiger partial charge in [-0.2, -0.15) is 5.26 Å². The number of rotatable bonds is 7. The molecule has 34 heavy (non-hydrogen) atoms. The molecule has 0 unspecified atom stereocenters. The van der Waals surface area contributed by atoms with Crippen LogP contribution in [-0.4, -0.2) is 10.5 Å². The monoisotopic (exact) mass is 447 g/mol. The molecular weight excluding hydrogens is 422 g/mol. The first-order valence-electron chi connectivity index (χ1n) is 11.0. The number of ether oxygens (including phenoxy) is 1. The predicted molar refractivity (Wildman–Crippen MR) is 135 cm³/mol. The quantitative estimate of drug-likeness (QED) is 0.270. The lowest BCUT2D eigenvalue weighted by Crippen LogP contribution is -2.13. The zero-order valence-corrected chi connectivity index (χ0v) is 19.2. The van der Waals surface area contributed by atoms with E-state index in [-0.39, 0.29) is 5.57 Å². The molecule has 0 aliphatic carbocycles. The molecule has 4 rings (SSSR count). The predicted octanol–water partition coefficient (Wildman–Crippen LogP) is 6.22. The number of nitrogens with zero attached hydrogens (tertiary/aromatic N) is 2. The standard InChI is InChI=1S/C29H25N3O2/c1-21-17-24(18-25(19-30)29(33)31-26-11-7-4-8-12-26)22(2)32(21)27-13-15-28(16-14-27)34-20-23-9-5-3-6-10-23/h3-18H,20H2,1-2H3,(H,31,33)/b25-18-. The molecule has 0 radical (unpaired) electrons. The highest BCUT2D eigenvalue weighted by Crippen LogP contribution is 2.25. The second-order valence-electron chi connectivity index (χ2n) is 7.92. The lowest BCUT2D eigenvalue weighted by atomic mass is 10.1. The number of carbonyl (C=O) groups excluding carboxylic acids is 1. The summed E-state index contributed by atoms with van der Waals surface area (Å²) in [6.07, 6.45) is 1.63. The SMILES string of the molecule is Cc1cc(/C=C(/C#N)C(=O)Nc2ccccc2)c(C)n1-c1ccc(OCc2ccccc2)cc1. The van der Waals surface area contributed by atoms with Crippen LogP contribution in [0.25, 0.3) is 11.8 Å². The van der Waals surface area contributed by atoms with E-state index in [1.54, 1.807) is 18.2 Å². The van der Waals surface area contributed by atoms with Crippen molar-refractivity contribution in [1.82, 2.24) is 4.57 Å². The fraction of sp³-hybridized carbons (Fsp3) is 0.103. The summed E-state index contributed by atoms with van der Waals surface area (Å²) in [6.45, 7) is 4.49. The molecule has 0 aliphatic heterocycles. The lowest BCUT2D eigenvalue weighted by Gasteiger charge is -2.11. The molecule has 5 nitrogen and oxygen atoms in total. The highest BCUT2D eigenvalue weighted by molar-refractivity contribution is 6.09. The minimum Gasteiger partial charge on any atom is -0.489 e. The van der Waals surface area contributed by atoms with Crippen LogP contribution < -0.4 is 10.1 Å². The van der Waals surface area contributed by atoms with Crippen LogP contribution in [0.5, 0.6) is 5.75 Å². The Morgan fingerprint density at radius 2 is 1.62 bits per heavy atom. The Bertz CT molecular complexity index is 1350. The number of hydrogen-bond donors (Lipinski definition) is 1.